The van der Waals surface area contributed by atoms with Crippen LogP contribution in [0.25, 0.3) is 0 Å². The third kappa shape index (κ3) is 2.13. The molecule has 6 heteroatoms. The molecular formula is C12H14N2O4. The summed E-state index contributed by atoms with van der Waals surface area (Å²) in [6.45, 7) is 0. The summed E-state index contributed by atoms with van der Waals surface area (Å²) in [6, 6.07) is 3.91. The second kappa shape index (κ2) is 4.64. The highest BCUT2D eigenvalue weighted by molar-refractivity contribution is 5.95. The molecule has 18 heavy (non-hydrogen) atoms. The fourth-order valence-corrected chi connectivity index (χ4v) is 1.95. The molecule has 1 aliphatic rings. The van der Waals surface area contributed by atoms with E-state index in [1.165, 1.54) is 6.07 Å². The standard InChI is InChI=1S/C12H14N2O4/c1-13(9-3-2-4-9)12(16)8-5-6-10(14(17)18)11(15)7-8/h5-7,9,15H,2-4H2,1H3. The second-order valence-electron chi connectivity index (χ2n) is 4.46. The van der Waals surface area contributed by atoms with Crippen LogP contribution in [0.4, 0.5) is 5.69 Å². The number of hydrogen-bond acceptors (Lipinski definition) is 4. The number of nitrogens with zero attached hydrogens (tertiary/aromatic N) is 2. The Balaban J connectivity index is 2.20. The molecule has 0 atom stereocenters. The first-order valence-electron chi connectivity index (χ1n) is 5.75. The van der Waals surface area contributed by atoms with E-state index in [9.17, 15) is 20.0 Å². The van der Waals surface area contributed by atoms with E-state index >= 15 is 0 Å². The monoisotopic (exact) mass is 250 g/mol. The van der Waals surface area contributed by atoms with Crippen molar-refractivity contribution < 1.29 is 14.8 Å². The molecule has 6 nitrogen and oxygen atoms in total. The molecule has 0 heterocycles. The molecular weight excluding hydrogens is 236 g/mol. The van der Waals surface area contributed by atoms with Crippen molar-refractivity contribution in [1.82, 2.24) is 4.90 Å². The van der Waals surface area contributed by atoms with Crippen LogP contribution in [0.2, 0.25) is 0 Å². The number of rotatable bonds is 3. The predicted octanol–water partition coefficient (Wildman–Crippen LogP) is 1.92. The van der Waals surface area contributed by atoms with E-state index in [1.54, 1.807) is 11.9 Å². The molecule has 1 saturated carbocycles. The summed E-state index contributed by atoms with van der Waals surface area (Å²) in [7, 11) is 1.71. The molecule has 0 aromatic heterocycles. The van der Waals surface area contributed by atoms with Gasteiger partial charge in [-0.2, -0.15) is 0 Å². The van der Waals surface area contributed by atoms with Crippen molar-refractivity contribution in [3.63, 3.8) is 0 Å². The minimum Gasteiger partial charge on any atom is -0.502 e. The van der Waals surface area contributed by atoms with Crippen molar-refractivity contribution in [2.45, 2.75) is 25.3 Å². The summed E-state index contributed by atoms with van der Waals surface area (Å²) in [6.07, 6.45) is 3.09. The molecule has 0 saturated heterocycles. The lowest BCUT2D eigenvalue weighted by Crippen LogP contribution is -2.41. The number of nitro benzene ring substituents is 1. The van der Waals surface area contributed by atoms with Crippen molar-refractivity contribution in [3.8, 4) is 5.75 Å². The number of benzene rings is 1. The first kappa shape index (κ1) is 12.3. The van der Waals surface area contributed by atoms with E-state index < -0.39 is 16.4 Å². The van der Waals surface area contributed by atoms with E-state index in [2.05, 4.69) is 0 Å². The van der Waals surface area contributed by atoms with E-state index in [-0.39, 0.29) is 17.5 Å². The SMILES string of the molecule is CN(C(=O)c1ccc([N+](=O)[O-])c(O)c1)C1CCC1. The van der Waals surface area contributed by atoms with Crippen molar-refractivity contribution in [2.75, 3.05) is 7.05 Å². The smallest absolute Gasteiger partial charge is 0.310 e. The van der Waals surface area contributed by atoms with Gasteiger partial charge in [0.1, 0.15) is 0 Å². The van der Waals surface area contributed by atoms with Crippen LogP contribution in [-0.2, 0) is 0 Å². The van der Waals surface area contributed by atoms with Crippen LogP contribution >= 0.6 is 0 Å². The fourth-order valence-electron chi connectivity index (χ4n) is 1.95. The molecule has 0 radical (unpaired) electrons. The molecule has 0 bridgehead atoms. The van der Waals surface area contributed by atoms with Gasteiger partial charge in [-0.15, -0.1) is 0 Å². The van der Waals surface area contributed by atoms with Crippen molar-refractivity contribution in [1.29, 1.82) is 0 Å². The number of nitro groups is 1. The Bertz CT molecular complexity index is 497. The number of phenols is 1. The zero-order valence-electron chi connectivity index (χ0n) is 10.00. The van der Waals surface area contributed by atoms with Crippen LogP contribution < -0.4 is 0 Å². The summed E-state index contributed by atoms with van der Waals surface area (Å²) in [5, 5.41) is 20.0. The van der Waals surface area contributed by atoms with E-state index in [4.69, 9.17) is 0 Å². The lowest BCUT2D eigenvalue weighted by Gasteiger charge is -2.34. The minimum absolute atomic E-state index is 0.218. The van der Waals surface area contributed by atoms with Gasteiger partial charge in [-0.1, -0.05) is 0 Å². The zero-order valence-corrected chi connectivity index (χ0v) is 10.00. The molecule has 0 spiro atoms. The average molecular weight is 250 g/mol. The normalized spacial score (nSPS) is 14.9. The highest BCUT2D eigenvalue weighted by atomic mass is 16.6. The van der Waals surface area contributed by atoms with E-state index in [0.717, 1.165) is 31.4 Å². The lowest BCUT2D eigenvalue weighted by molar-refractivity contribution is -0.385. The number of hydrogen-bond donors (Lipinski definition) is 1. The van der Waals surface area contributed by atoms with Gasteiger partial charge in [-0.3, -0.25) is 14.9 Å². The molecule has 0 aliphatic heterocycles. The van der Waals surface area contributed by atoms with Gasteiger partial charge in [0, 0.05) is 24.7 Å². The number of carbonyl (C=O) groups is 1. The van der Waals surface area contributed by atoms with Gasteiger partial charge in [0.2, 0.25) is 0 Å². The summed E-state index contributed by atoms with van der Waals surface area (Å²) in [4.78, 5) is 23.6. The molecule has 0 unspecified atom stereocenters. The minimum atomic E-state index is -0.681. The molecule has 1 N–H and O–H groups in total. The van der Waals surface area contributed by atoms with Crippen molar-refractivity contribution >= 4 is 11.6 Å². The van der Waals surface area contributed by atoms with Crippen molar-refractivity contribution in [2.24, 2.45) is 0 Å². The Hall–Kier alpha value is -2.11. The number of phenolic OH excluding ortho intramolecular Hbond substituents is 1. The van der Waals surface area contributed by atoms with Gasteiger partial charge in [-0.05, 0) is 31.4 Å². The number of amides is 1. The molecule has 1 aromatic carbocycles. The third-order valence-corrected chi connectivity index (χ3v) is 3.36. The zero-order chi connectivity index (χ0) is 13.3. The quantitative estimate of drug-likeness (QED) is 0.656. The van der Waals surface area contributed by atoms with Crippen molar-refractivity contribution in [3.05, 3.63) is 33.9 Å². The molecule has 1 aromatic rings. The van der Waals surface area contributed by atoms with Crippen LogP contribution in [0, 0.1) is 10.1 Å². The van der Waals surface area contributed by atoms with Crippen LogP contribution in [0.15, 0.2) is 18.2 Å². The first-order valence-corrected chi connectivity index (χ1v) is 5.75. The van der Waals surface area contributed by atoms with Gasteiger partial charge in [0.25, 0.3) is 5.91 Å². The molecule has 1 amide bonds. The number of aromatic hydroxyl groups is 1. The lowest BCUT2D eigenvalue weighted by atomic mass is 9.91. The summed E-state index contributed by atoms with van der Waals surface area (Å²) in [5.41, 5.74) is -0.120. The highest BCUT2D eigenvalue weighted by Crippen LogP contribution is 2.29. The van der Waals surface area contributed by atoms with E-state index in [1.807, 2.05) is 0 Å². The van der Waals surface area contributed by atoms with Gasteiger partial charge >= 0.3 is 5.69 Å². The molecule has 1 aliphatic carbocycles. The topological polar surface area (TPSA) is 83.7 Å². The van der Waals surface area contributed by atoms with E-state index in [0.29, 0.717) is 0 Å². The summed E-state index contributed by atoms with van der Waals surface area (Å²) >= 11 is 0. The maximum atomic E-state index is 12.1. The van der Waals surface area contributed by atoms with Crippen LogP contribution in [0.3, 0.4) is 0 Å². The Morgan fingerprint density at radius 1 is 1.50 bits per heavy atom. The Morgan fingerprint density at radius 2 is 2.17 bits per heavy atom. The van der Waals surface area contributed by atoms with Gasteiger partial charge in [-0.25, -0.2) is 0 Å². The number of carbonyl (C=O) groups excluding carboxylic acids is 1. The fraction of sp³-hybridized carbons (Fsp3) is 0.417. The van der Waals surface area contributed by atoms with Gasteiger partial charge in [0.15, 0.2) is 5.75 Å². The summed E-state index contributed by atoms with van der Waals surface area (Å²) < 4.78 is 0. The van der Waals surface area contributed by atoms with Gasteiger partial charge < -0.3 is 10.0 Å². The maximum absolute atomic E-state index is 12.1. The first-order chi connectivity index (χ1) is 8.50. The van der Waals surface area contributed by atoms with Crippen LogP contribution in [-0.4, -0.2) is 33.9 Å². The molecule has 2 rings (SSSR count). The predicted molar refractivity (Wildman–Crippen MR) is 64.5 cm³/mol. The maximum Gasteiger partial charge on any atom is 0.310 e. The largest absolute Gasteiger partial charge is 0.502 e. The average Bonchev–Trinajstić information content (AvgIpc) is 2.24. The molecule has 96 valence electrons. The highest BCUT2D eigenvalue weighted by Gasteiger charge is 2.27. The molecule has 1 fully saturated rings. The van der Waals surface area contributed by atoms with Crippen LogP contribution in [0.5, 0.6) is 5.75 Å². The summed E-state index contributed by atoms with van der Waals surface area (Å²) in [5.74, 6) is -0.697. The Kier molecular flexibility index (Phi) is 3.18. The van der Waals surface area contributed by atoms with Crippen LogP contribution in [0.1, 0.15) is 29.6 Å². The second-order valence-corrected chi connectivity index (χ2v) is 4.46. The Labute approximate surface area is 104 Å². The Morgan fingerprint density at radius 3 is 2.61 bits per heavy atom. The third-order valence-electron chi connectivity index (χ3n) is 3.36. The van der Waals surface area contributed by atoms with Gasteiger partial charge in [0.05, 0.1) is 4.92 Å².